The minimum Gasteiger partial charge on any atom is -0.392 e. The van der Waals surface area contributed by atoms with Gasteiger partial charge >= 0.3 is 0 Å². The van der Waals surface area contributed by atoms with Crippen LogP contribution < -0.4 is 5.73 Å². The highest BCUT2D eigenvalue weighted by molar-refractivity contribution is 6.30. The van der Waals surface area contributed by atoms with Crippen LogP contribution in [0.25, 0.3) is 0 Å². The van der Waals surface area contributed by atoms with Crippen LogP contribution in [0, 0.1) is 5.82 Å². The van der Waals surface area contributed by atoms with Gasteiger partial charge in [0.1, 0.15) is 5.82 Å². The van der Waals surface area contributed by atoms with Crippen molar-refractivity contribution in [2.75, 3.05) is 6.54 Å². The van der Waals surface area contributed by atoms with E-state index in [4.69, 9.17) is 17.3 Å². The summed E-state index contributed by atoms with van der Waals surface area (Å²) in [6, 6.07) is 4.78. The van der Waals surface area contributed by atoms with Crippen LogP contribution in [0.15, 0.2) is 18.2 Å². The molecule has 0 fully saturated rings. The maximum absolute atomic E-state index is 13.7. The molecule has 1 aromatic carbocycles. The number of hydrogen-bond donors (Lipinski definition) is 2. The average Bonchev–Trinajstić information content (AvgIpc) is 2.25. The molecule has 2 unspecified atom stereocenters. The minimum absolute atomic E-state index is 0.0691. The average molecular weight is 246 g/mol. The lowest BCUT2D eigenvalue weighted by molar-refractivity contribution is 0.133. The van der Waals surface area contributed by atoms with Gasteiger partial charge in [-0.25, -0.2) is 4.39 Å². The van der Waals surface area contributed by atoms with Gasteiger partial charge in [-0.05, 0) is 18.1 Å². The molecule has 16 heavy (non-hydrogen) atoms. The van der Waals surface area contributed by atoms with Crippen molar-refractivity contribution >= 4 is 11.6 Å². The van der Waals surface area contributed by atoms with Crippen LogP contribution in [0.5, 0.6) is 0 Å². The summed E-state index contributed by atoms with van der Waals surface area (Å²) in [7, 11) is 0. The molecule has 0 amide bonds. The molecule has 0 bridgehead atoms. The Morgan fingerprint density at radius 1 is 1.50 bits per heavy atom. The molecule has 3 N–H and O–H groups in total. The van der Waals surface area contributed by atoms with E-state index in [0.717, 1.165) is 6.42 Å². The first-order valence-electron chi connectivity index (χ1n) is 5.43. The van der Waals surface area contributed by atoms with Crippen LogP contribution in [0.3, 0.4) is 0 Å². The Balaban J connectivity index is 2.99. The largest absolute Gasteiger partial charge is 0.392 e. The highest BCUT2D eigenvalue weighted by Gasteiger charge is 2.22. The molecule has 0 aromatic heterocycles. The maximum atomic E-state index is 13.7. The summed E-state index contributed by atoms with van der Waals surface area (Å²) in [5.74, 6) is -0.867. The molecule has 0 saturated heterocycles. The van der Waals surface area contributed by atoms with Crippen molar-refractivity contribution in [2.24, 2.45) is 5.73 Å². The summed E-state index contributed by atoms with van der Waals surface area (Å²) in [5, 5.41) is 9.96. The maximum Gasteiger partial charge on any atom is 0.145 e. The molecule has 2 nitrogen and oxygen atoms in total. The van der Waals surface area contributed by atoms with Crippen LogP contribution in [0.4, 0.5) is 4.39 Å². The summed E-state index contributed by atoms with van der Waals surface area (Å²) in [5.41, 5.74) is 5.98. The number of rotatable bonds is 5. The summed E-state index contributed by atoms with van der Waals surface area (Å²) < 4.78 is 13.7. The van der Waals surface area contributed by atoms with Crippen LogP contribution in [0.2, 0.25) is 5.02 Å². The molecule has 0 saturated carbocycles. The van der Waals surface area contributed by atoms with Gasteiger partial charge in [0.15, 0.2) is 0 Å². The number of aliphatic hydroxyl groups is 1. The van der Waals surface area contributed by atoms with E-state index in [2.05, 4.69) is 0 Å². The second kappa shape index (κ2) is 6.18. The quantitative estimate of drug-likeness (QED) is 0.838. The van der Waals surface area contributed by atoms with Gasteiger partial charge in [-0.1, -0.05) is 37.1 Å². The second-order valence-electron chi connectivity index (χ2n) is 3.84. The van der Waals surface area contributed by atoms with Crippen LogP contribution >= 0.6 is 11.6 Å². The van der Waals surface area contributed by atoms with Crippen LogP contribution in [-0.2, 0) is 0 Å². The third-order valence-electron chi connectivity index (χ3n) is 2.68. The molecule has 1 rings (SSSR count). The first-order valence-corrected chi connectivity index (χ1v) is 5.81. The third kappa shape index (κ3) is 2.94. The minimum atomic E-state index is -0.622. The second-order valence-corrected chi connectivity index (χ2v) is 4.25. The molecule has 2 atom stereocenters. The fourth-order valence-electron chi connectivity index (χ4n) is 1.80. The Hall–Kier alpha value is -0.640. The number of aliphatic hydroxyl groups excluding tert-OH is 1. The zero-order valence-electron chi connectivity index (χ0n) is 9.29. The molecule has 0 spiro atoms. The summed E-state index contributed by atoms with van der Waals surface area (Å²) in [4.78, 5) is 0. The molecule has 4 heteroatoms. The molecule has 0 aliphatic heterocycles. The van der Waals surface area contributed by atoms with E-state index >= 15 is 0 Å². The smallest absolute Gasteiger partial charge is 0.145 e. The van der Waals surface area contributed by atoms with Crippen molar-refractivity contribution in [1.82, 2.24) is 0 Å². The van der Waals surface area contributed by atoms with Crippen molar-refractivity contribution in [3.05, 3.63) is 34.6 Å². The summed E-state index contributed by atoms with van der Waals surface area (Å²) in [6.07, 6.45) is 0.816. The van der Waals surface area contributed by atoms with Gasteiger partial charge in [-0.2, -0.15) is 0 Å². The lowest BCUT2D eigenvalue weighted by Gasteiger charge is -2.22. The van der Waals surface area contributed by atoms with Gasteiger partial charge in [-0.3, -0.25) is 0 Å². The van der Waals surface area contributed by atoms with Gasteiger partial charge in [0, 0.05) is 12.5 Å². The van der Waals surface area contributed by atoms with Crippen molar-refractivity contribution in [1.29, 1.82) is 0 Å². The molecule has 0 radical (unpaired) electrons. The fraction of sp³-hybridized carbons (Fsp3) is 0.500. The third-order valence-corrected chi connectivity index (χ3v) is 2.98. The predicted molar refractivity (Wildman–Crippen MR) is 64.1 cm³/mol. The van der Waals surface area contributed by atoms with Gasteiger partial charge in [0.25, 0.3) is 0 Å². The van der Waals surface area contributed by atoms with Crippen molar-refractivity contribution in [3.8, 4) is 0 Å². The molecule has 0 aliphatic carbocycles. The lowest BCUT2D eigenvalue weighted by Crippen LogP contribution is -2.26. The summed E-state index contributed by atoms with van der Waals surface area (Å²) in [6.45, 7) is 2.17. The molecular weight excluding hydrogens is 229 g/mol. The van der Waals surface area contributed by atoms with Crippen LogP contribution in [0.1, 0.15) is 31.2 Å². The van der Waals surface area contributed by atoms with E-state index in [1.165, 1.54) is 6.07 Å². The van der Waals surface area contributed by atoms with Crippen molar-refractivity contribution in [2.45, 2.75) is 31.8 Å². The van der Waals surface area contributed by atoms with E-state index in [0.29, 0.717) is 12.0 Å². The van der Waals surface area contributed by atoms with Gasteiger partial charge in [0.05, 0.1) is 11.1 Å². The first kappa shape index (κ1) is 13.4. The molecular formula is C12H17ClFNO. The monoisotopic (exact) mass is 245 g/mol. The Labute approximate surface area is 100 Å². The Kier molecular flexibility index (Phi) is 5.19. The first-order chi connectivity index (χ1) is 7.61. The Morgan fingerprint density at radius 2 is 2.19 bits per heavy atom. The van der Waals surface area contributed by atoms with Gasteiger partial charge < -0.3 is 10.8 Å². The predicted octanol–water partition coefficient (Wildman–Crippen LogP) is 2.68. The van der Waals surface area contributed by atoms with E-state index in [1.54, 1.807) is 12.1 Å². The number of benzene rings is 1. The molecule has 1 aromatic rings. The number of hydrogen-bond acceptors (Lipinski definition) is 2. The zero-order valence-corrected chi connectivity index (χ0v) is 10.0. The van der Waals surface area contributed by atoms with Gasteiger partial charge in [0.2, 0.25) is 0 Å². The van der Waals surface area contributed by atoms with Gasteiger partial charge in [-0.15, -0.1) is 0 Å². The van der Waals surface area contributed by atoms with Crippen molar-refractivity contribution < 1.29 is 9.50 Å². The summed E-state index contributed by atoms with van der Waals surface area (Å²) >= 11 is 5.70. The Bertz CT molecular complexity index is 346. The highest BCUT2D eigenvalue weighted by Crippen LogP contribution is 2.27. The Morgan fingerprint density at radius 3 is 2.75 bits per heavy atom. The normalized spacial score (nSPS) is 14.8. The van der Waals surface area contributed by atoms with E-state index < -0.39 is 17.8 Å². The van der Waals surface area contributed by atoms with E-state index in [1.807, 2.05) is 6.92 Å². The molecule has 90 valence electrons. The van der Waals surface area contributed by atoms with E-state index in [-0.39, 0.29) is 11.6 Å². The topological polar surface area (TPSA) is 46.2 Å². The standard InChI is InChI=1S/C12H17ClFNO/c1-2-4-11(16)9(7-15)8-5-3-6-10(13)12(8)14/h3,5-6,9,11,16H,2,4,7,15H2,1H3. The highest BCUT2D eigenvalue weighted by atomic mass is 35.5. The van der Waals surface area contributed by atoms with E-state index in [9.17, 15) is 9.50 Å². The van der Waals surface area contributed by atoms with Crippen molar-refractivity contribution in [3.63, 3.8) is 0 Å². The number of nitrogens with two attached hydrogens (primary N) is 1. The SMILES string of the molecule is CCCC(O)C(CN)c1cccc(Cl)c1F. The number of halogens is 2. The molecule has 0 aliphatic rings. The van der Waals surface area contributed by atoms with Crippen LogP contribution in [-0.4, -0.2) is 17.8 Å². The molecule has 0 heterocycles. The lowest BCUT2D eigenvalue weighted by atomic mass is 9.90. The fourth-order valence-corrected chi connectivity index (χ4v) is 1.98. The zero-order chi connectivity index (χ0) is 12.1.